The van der Waals surface area contributed by atoms with E-state index in [-0.39, 0.29) is 0 Å². The molecule has 112 valence electrons. The number of aryl methyl sites for hydroxylation is 1. The second-order valence-corrected chi connectivity index (χ2v) is 6.49. The van der Waals surface area contributed by atoms with Gasteiger partial charge in [0.25, 0.3) is 0 Å². The molecule has 0 bridgehead atoms. The molecular weight excluding hydrogens is 316 g/mol. The number of benzene rings is 2. The van der Waals surface area contributed by atoms with Gasteiger partial charge in [-0.25, -0.2) is 4.98 Å². The van der Waals surface area contributed by atoms with E-state index in [2.05, 4.69) is 10.3 Å². The lowest BCUT2D eigenvalue weighted by Gasteiger charge is -2.13. The second kappa shape index (κ2) is 6.81. The Labute approximate surface area is 138 Å². The molecule has 5 heteroatoms. The third-order valence-electron chi connectivity index (χ3n) is 3.18. The van der Waals surface area contributed by atoms with Crippen LogP contribution in [-0.2, 0) is 6.54 Å². The molecule has 22 heavy (non-hydrogen) atoms. The quantitative estimate of drug-likeness (QED) is 0.669. The van der Waals surface area contributed by atoms with E-state index >= 15 is 0 Å². The third-order valence-corrected chi connectivity index (χ3v) is 4.29. The van der Waals surface area contributed by atoms with E-state index in [9.17, 15) is 0 Å². The highest BCUT2D eigenvalue weighted by Crippen LogP contribution is 2.31. The van der Waals surface area contributed by atoms with Gasteiger partial charge in [0.2, 0.25) is 0 Å². The first-order valence-corrected chi connectivity index (χ1v) is 8.08. The van der Waals surface area contributed by atoms with Crippen LogP contribution < -0.4 is 10.1 Å². The Morgan fingerprint density at radius 2 is 1.82 bits per heavy atom. The van der Waals surface area contributed by atoms with Crippen LogP contribution in [-0.4, -0.2) is 4.98 Å². The molecule has 0 saturated carbocycles. The lowest BCUT2D eigenvalue weighted by atomic mass is 10.2. The van der Waals surface area contributed by atoms with Crippen LogP contribution in [0.1, 0.15) is 10.4 Å². The highest BCUT2D eigenvalue weighted by atomic mass is 35.5. The van der Waals surface area contributed by atoms with E-state index in [1.807, 2.05) is 55.5 Å². The largest absolute Gasteiger partial charge is 0.455 e. The fourth-order valence-corrected chi connectivity index (χ4v) is 2.96. The lowest BCUT2D eigenvalue weighted by molar-refractivity contribution is 0.480. The number of hydrogen-bond acceptors (Lipinski definition) is 4. The number of hydrogen-bond donors (Lipinski definition) is 1. The number of ether oxygens (including phenoxy) is 1. The van der Waals surface area contributed by atoms with Crippen LogP contribution in [0.15, 0.2) is 54.7 Å². The minimum atomic E-state index is 0.557. The van der Waals surface area contributed by atoms with Gasteiger partial charge in [0.15, 0.2) is 10.2 Å². The van der Waals surface area contributed by atoms with Crippen molar-refractivity contribution < 1.29 is 4.74 Å². The molecule has 3 rings (SSSR count). The summed E-state index contributed by atoms with van der Waals surface area (Å²) in [5, 5.41) is 3.37. The maximum atomic E-state index is 6.03. The van der Waals surface area contributed by atoms with Crippen molar-refractivity contribution >= 4 is 28.6 Å². The van der Waals surface area contributed by atoms with Gasteiger partial charge in [-0.2, -0.15) is 0 Å². The average Bonchev–Trinajstić information content (AvgIpc) is 2.94. The zero-order chi connectivity index (χ0) is 15.4. The molecule has 1 heterocycles. The van der Waals surface area contributed by atoms with Crippen LogP contribution in [0.5, 0.6) is 11.5 Å². The number of thiazole rings is 1. The first kappa shape index (κ1) is 14.9. The molecule has 0 unspecified atom stereocenters. The number of nitrogens with zero attached hydrogens (tertiary/aromatic N) is 1. The van der Waals surface area contributed by atoms with Crippen molar-refractivity contribution in [1.82, 2.24) is 4.98 Å². The van der Waals surface area contributed by atoms with Crippen LogP contribution in [0, 0.1) is 6.92 Å². The maximum absolute atomic E-state index is 6.03. The normalized spacial score (nSPS) is 10.5. The molecule has 0 amide bonds. The SMILES string of the molecule is Cc1ccccc1Oc1ccccc1NCc1cnc(Cl)s1. The minimum Gasteiger partial charge on any atom is -0.455 e. The van der Waals surface area contributed by atoms with Crippen molar-refractivity contribution in [2.45, 2.75) is 13.5 Å². The summed E-state index contributed by atoms with van der Waals surface area (Å²) in [5.74, 6) is 1.66. The number of anilines is 1. The number of aromatic nitrogens is 1. The maximum Gasteiger partial charge on any atom is 0.183 e. The molecule has 0 saturated heterocycles. The Bertz CT molecular complexity index is 773. The van der Waals surface area contributed by atoms with Gasteiger partial charge in [0.1, 0.15) is 5.75 Å². The molecule has 3 nitrogen and oxygen atoms in total. The number of para-hydroxylation sites is 3. The van der Waals surface area contributed by atoms with Crippen molar-refractivity contribution in [3.05, 3.63) is 69.6 Å². The molecule has 0 aliphatic heterocycles. The second-order valence-electron chi connectivity index (χ2n) is 4.80. The van der Waals surface area contributed by atoms with Gasteiger partial charge >= 0.3 is 0 Å². The van der Waals surface area contributed by atoms with E-state index in [1.165, 1.54) is 11.3 Å². The molecule has 0 spiro atoms. The van der Waals surface area contributed by atoms with Crippen LogP contribution in [0.25, 0.3) is 0 Å². The van der Waals surface area contributed by atoms with Gasteiger partial charge in [0, 0.05) is 11.1 Å². The fraction of sp³-hybridized carbons (Fsp3) is 0.118. The predicted octanol–water partition coefficient (Wildman–Crippen LogP) is 5.51. The summed E-state index contributed by atoms with van der Waals surface area (Å²) in [6, 6.07) is 15.9. The summed E-state index contributed by atoms with van der Waals surface area (Å²) >= 11 is 7.32. The van der Waals surface area contributed by atoms with Crippen LogP contribution >= 0.6 is 22.9 Å². The van der Waals surface area contributed by atoms with Gasteiger partial charge in [-0.15, -0.1) is 11.3 Å². The van der Waals surface area contributed by atoms with Crippen molar-refractivity contribution in [2.24, 2.45) is 0 Å². The van der Waals surface area contributed by atoms with Gasteiger partial charge < -0.3 is 10.1 Å². The summed E-state index contributed by atoms with van der Waals surface area (Å²) in [6.07, 6.45) is 1.78. The zero-order valence-corrected chi connectivity index (χ0v) is 13.6. The molecule has 0 atom stereocenters. The van der Waals surface area contributed by atoms with Gasteiger partial charge in [-0.3, -0.25) is 0 Å². The topological polar surface area (TPSA) is 34.1 Å². The lowest BCUT2D eigenvalue weighted by Crippen LogP contribution is -1.99. The first-order chi connectivity index (χ1) is 10.7. The van der Waals surface area contributed by atoms with Crippen LogP contribution in [0.4, 0.5) is 5.69 Å². The summed E-state index contributed by atoms with van der Waals surface area (Å²) in [6.45, 7) is 2.70. The minimum absolute atomic E-state index is 0.557. The molecule has 0 aliphatic rings. The zero-order valence-electron chi connectivity index (χ0n) is 12.0. The summed E-state index contributed by atoms with van der Waals surface area (Å²) in [4.78, 5) is 5.12. The summed E-state index contributed by atoms with van der Waals surface area (Å²) in [5.41, 5.74) is 2.04. The Hall–Kier alpha value is -2.04. The summed E-state index contributed by atoms with van der Waals surface area (Å²) < 4.78 is 6.59. The number of rotatable bonds is 5. The highest BCUT2D eigenvalue weighted by Gasteiger charge is 2.07. The van der Waals surface area contributed by atoms with Crippen LogP contribution in [0.2, 0.25) is 4.47 Å². The van der Waals surface area contributed by atoms with Crippen molar-refractivity contribution in [3.8, 4) is 11.5 Å². The van der Waals surface area contributed by atoms with Gasteiger partial charge in [0.05, 0.1) is 12.2 Å². The van der Waals surface area contributed by atoms with Crippen molar-refractivity contribution in [3.63, 3.8) is 0 Å². The van der Waals surface area contributed by atoms with E-state index < -0.39 is 0 Å². The molecule has 0 fully saturated rings. The standard InChI is InChI=1S/C17H15ClN2OS/c1-12-6-2-4-8-15(12)21-16-9-5-3-7-14(16)19-10-13-11-20-17(18)22-13/h2-9,11,19H,10H2,1H3. The Morgan fingerprint density at radius 1 is 1.09 bits per heavy atom. The van der Waals surface area contributed by atoms with E-state index in [4.69, 9.17) is 16.3 Å². The highest BCUT2D eigenvalue weighted by molar-refractivity contribution is 7.15. The van der Waals surface area contributed by atoms with E-state index in [0.29, 0.717) is 11.0 Å². The summed E-state index contributed by atoms with van der Waals surface area (Å²) in [7, 11) is 0. The Kier molecular flexibility index (Phi) is 4.61. The van der Waals surface area contributed by atoms with E-state index in [0.717, 1.165) is 27.6 Å². The smallest absolute Gasteiger partial charge is 0.183 e. The molecular formula is C17H15ClN2OS. The molecule has 3 aromatic rings. The monoisotopic (exact) mass is 330 g/mol. The fourth-order valence-electron chi connectivity index (χ4n) is 2.04. The van der Waals surface area contributed by atoms with Crippen molar-refractivity contribution in [1.29, 1.82) is 0 Å². The molecule has 1 aromatic heterocycles. The average molecular weight is 331 g/mol. The Morgan fingerprint density at radius 3 is 2.55 bits per heavy atom. The van der Waals surface area contributed by atoms with Crippen molar-refractivity contribution in [2.75, 3.05) is 5.32 Å². The number of nitrogens with one attached hydrogen (secondary N) is 1. The molecule has 0 aliphatic carbocycles. The predicted molar refractivity (Wildman–Crippen MR) is 92.1 cm³/mol. The molecule has 1 N–H and O–H groups in total. The Balaban J connectivity index is 1.76. The van der Waals surface area contributed by atoms with Crippen LogP contribution in [0.3, 0.4) is 0 Å². The van der Waals surface area contributed by atoms with Gasteiger partial charge in [-0.05, 0) is 30.7 Å². The first-order valence-electron chi connectivity index (χ1n) is 6.89. The number of halogens is 1. The van der Waals surface area contributed by atoms with Gasteiger partial charge in [-0.1, -0.05) is 41.9 Å². The molecule has 2 aromatic carbocycles. The van der Waals surface area contributed by atoms with E-state index in [1.54, 1.807) is 6.20 Å². The molecule has 0 radical (unpaired) electrons. The third kappa shape index (κ3) is 3.59.